The van der Waals surface area contributed by atoms with Crippen molar-refractivity contribution in [1.82, 2.24) is 0 Å². The molecule has 2 aliphatic heterocycles. The first-order chi connectivity index (χ1) is 24.1. The molecule has 258 valence electrons. The van der Waals surface area contributed by atoms with Crippen molar-refractivity contribution in [2.24, 2.45) is 0 Å². The summed E-state index contributed by atoms with van der Waals surface area (Å²) >= 11 is 0. The van der Waals surface area contributed by atoms with E-state index in [-0.39, 0.29) is 99.7 Å². The molecule has 0 amide bonds. The number of hydrogen-bond donors (Lipinski definition) is 0. The van der Waals surface area contributed by atoms with Crippen molar-refractivity contribution < 1.29 is 57.7 Å². The van der Waals surface area contributed by atoms with Crippen molar-refractivity contribution in [1.29, 1.82) is 0 Å². The molecule has 2 aliphatic rings. The molecule has 0 N–H and O–H groups in total. The molecule has 3 aromatic carbocycles. The van der Waals surface area contributed by atoms with E-state index in [0.29, 0.717) is 19.3 Å². The molecule has 0 unspecified atom stereocenters. The number of rotatable bonds is 17. The van der Waals surface area contributed by atoms with Gasteiger partial charge in [-0.3, -0.25) is 20.2 Å². The highest BCUT2D eigenvalue weighted by molar-refractivity contribution is 6.21. The summed E-state index contributed by atoms with van der Waals surface area (Å²) < 4.78 is 22.1. The molecule has 0 bridgehead atoms. The number of benzene rings is 3. The van der Waals surface area contributed by atoms with Gasteiger partial charge in [0.25, 0.3) is 0 Å². The average molecular weight is 689 g/mol. The summed E-state index contributed by atoms with van der Waals surface area (Å²) in [5.41, 5.74) is -0.279. The number of unbranched alkanes of at least 4 members (excludes halogenated alkanes) is 1. The van der Waals surface area contributed by atoms with Crippen LogP contribution in [-0.2, 0) is 29.0 Å². The summed E-state index contributed by atoms with van der Waals surface area (Å²) in [6.45, 7) is 7.89. The minimum atomic E-state index is -0.773. The van der Waals surface area contributed by atoms with Crippen LogP contribution in [0, 0.1) is 20.2 Å². The number of ether oxygens (including phenoxy) is 4. The van der Waals surface area contributed by atoms with Gasteiger partial charge < -0.3 is 18.9 Å². The average Bonchev–Trinajstić information content (AvgIpc) is 3.58. The Kier molecular flexibility index (Phi) is 12.4. The molecule has 0 spiro atoms. The number of hydrogen-bond acceptors (Lipinski definition) is 14. The fourth-order valence-electron chi connectivity index (χ4n) is 4.93. The molecule has 16 heteroatoms. The Labute approximate surface area is 282 Å². The molecule has 0 saturated carbocycles. The van der Waals surface area contributed by atoms with Gasteiger partial charge >= 0.3 is 29.5 Å². The molecule has 0 aliphatic carbocycles. The summed E-state index contributed by atoms with van der Waals surface area (Å²) in [5, 5.41) is 24.2. The lowest BCUT2D eigenvalue weighted by Gasteiger charge is -2.08. The predicted molar refractivity (Wildman–Crippen MR) is 170 cm³/mol. The Morgan fingerprint density at radius 1 is 0.700 bits per heavy atom. The van der Waals surface area contributed by atoms with Crippen LogP contribution in [-0.4, -0.2) is 54.4 Å². The van der Waals surface area contributed by atoms with Crippen LogP contribution in [0.2, 0.25) is 0 Å². The van der Waals surface area contributed by atoms with Crippen molar-refractivity contribution in [3.05, 3.63) is 116 Å². The molecule has 2 heterocycles. The van der Waals surface area contributed by atoms with Crippen LogP contribution in [0.25, 0.3) is 11.1 Å². The first-order valence-electron chi connectivity index (χ1n) is 14.8. The topological polar surface area (TPSA) is 210 Å². The van der Waals surface area contributed by atoms with Crippen molar-refractivity contribution in [3.8, 4) is 23.0 Å². The summed E-state index contributed by atoms with van der Waals surface area (Å²) in [5.74, 6) is -1.34. The summed E-state index contributed by atoms with van der Waals surface area (Å²) in [6.07, 6.45) is 5.18. The molecule has 0 radical (unpaired) electrons. The minimum Gasteiger partial charge on any atom is -0.487 e. The first-order valence-corrected chi connectivity index (χ1v) is 14.8. The van der Waals surface area contributed by atoms with Crippen LogP contribution in [0.1, 0.15) is 30.4 Å². The Morgan fingerprint density at radius 2 is 1.18 bits per heavy atom. The largest absolute Gasteiger partial charge is 0.487 e. The second-order valence-corrected chi connectivity index (χ2v) is 10.2. The summed E-state index contributed by atoms with van der Waals surface area (Å²) in [7, 11) is 0. The number of allylic oxidation sites excluding steroid dienone is 1. The molecule has 0 aromatic heterocycles. The molecule has 5 rings (SSSR count). The number of nitro groups is 2. The third-order valence-electron chi connectivity index (χ3n) is 7.03. The van der Waals surface area contributed by atoms with E-state index in [4.69, 9.17) is 38.3 Å². The molecular formula is C34H28N2O14. The summed E-state index contributed by atoms with van der Waals surface area (Å²) in [6, 6.07) is 11.0. The molecule has 16 nitrogen and oxygen atoms in total. The van der Waals surface area contributed by atoms with Crippen LogP contribution in [0.3, 0.4) is 0 Å². The second-order valence-electron chi connectivity index (χ2n) is 10.2. The first kappa shape index (κ1) is 36.4. The van der Waals surface area contributed by atoms with E-state index in [9.17, 15) is 29.8 Å². The molecule has 3 aromatic rings. The van der Waals surface area contributed by atoms with Crippen LogP contribution >= 0.6 is 0 Å². The van der Waals surface area contributed by atoms with Crippen LogP contribution < -0.4 is 29.4 Å². The van der Waals surface area contributed by atoms with Gasteiger partial charge in [0.1, 0.15) is 18.1 Å². The standard InChI is InChI=1S/C33H28N2O12.CO2/c1-3-5-6-13-42-26-10-8-20(16-24(26)34(38)39)30-22-18-29-23(19-28(22)46-32(30)36)31(33(37)47-29)21-9-11-27(25(17-21)35(40)41)43-14-7-15-45-44-12-4-2;2-1-3/h3-4,8-11,16-19H,1-2,5-7,12-15H2;. The number of carbonyl (C=O) groups is 2. The van der Waals surface area contributed by atoms with Gasteiger partial charge in [-0.2, -0.15) is 9.59 Å². The van der Waals surface area contributed by atoms with Gasteiger partial charge in [0.2, 0.25) is 0 Å². The maximum absolute atomic E-state index is 13.0. The highest BCUT2D eigenvalue weighted by Crippen LogP contribution is 2.35. The van der Waals surface area contributed by atoms with E-state index in [0.717, 1.165) is 0 Å². The number of fused-ring (bicyclic) bond motifs is 2. The number of carbonyl (C=O) groups excluding carboxylic acids is 4. The maximum atomic E-state index is 13.0. The van der Waals surface area contributed by atoms with E-state index < -0.39 is 21.8 Å². The van der Waals surface area contributed by atoms with E-state index in [1.807, 2.05) is 0 Å². The van der Waals surface area contributed by atoms with E-state index >= 15 is 0 Å². The van der Waals surface area contributed by atoms with Gasteiger partial charge in [0.05, 0.1) is 40.8 Å². The Bertz CT molecular complexity index is 2010. The van der Waals surface area contributed by atoms with Gasteiger partial charge in [-0.25, -0.2) is 19.4 Å². The molecule has 0 atom stereocenters. The smallest absolute Gasteiger partial charge is 0.373 e. The van der Waals surface area contributed by atoms with E-state index in [1.165, 1.54) is 54.6 Å². The fourth-order valence-corrected chi connectivity index (χ4v) is 4.93. The van der Waals surface area contributed by atoms with Gasteiger partial charge in [-0.05, 0) is 60.4 Å². The molecular weight excluding hydrogens is 660 g/mol. The molecule has 0 fully saturated rings. The number of nitro benzene ring substituents is 2. The normalized spacial score (nSPS) is 12.4. The SMILES string of the molecule is C=CCCCOc1ccc(C2=c3cc4c(cc3OC2=O)=C(c2ccc(OCCCOOCC=C)c([N+](=O)[O-])c2)C(=O)O4)cc1[N+](=O)[O-].O=C=O. The Balaban J connectivity index is 0.00000181. The highest BCUT2D eigenvalue weighted by Gasteiger charge is 2.32. The lowest BCUT2D eigenvalue weighted by Crippen LogP contribution is -2.11. The number of esters is 2. The number of nitrogens with zero attached hydrogens (tertiary/aromatic N) is 2. The van der Waals surface area contributed by atoms with Crippen molar-refractivity contribution >= 4 is 40.6 Å². The van der Waals surface area contributed by atoms with Crippen LogP contribution in [0.15, 0.2) is 73.8 Å². The zero-order chi connectivity index (χ0) is 36.2. The third-order valence-corrected chi connectivity index (χ3v) is 7.03. The van der Waals surface area contributed by atoms with Crippen LogP contribution in [0.4, 0.5) is 11.4 Å². The van der Waals surface area contributed by atoms with Gasteiger partial charge in [0, 0.05) is 29.0 Å². The Hall–Kier alpha value is -6.48. The fraction of sp³-hybridized carbons (Fsp3) is 0.206. The predicted octanol–water partition coefficient (Wildman–Crippen LogP) is 3.40. The van der Waals surface area contributed by atoms with E-state index in [1.54, 1.807) is 6.08 Å². The Morgan fingerprint density at radius 3 is 1.62 bits per heavy atom. The van der Waals surface area contributed by atoms with Gasteiger partial charge in [0.15, 0.2) is 11.5 Å². The minimum absolute atomic E-state index is 0.0117. The molecule has 50 heavy (non-hydrogen) atoms. The monoisotopic (exact) mass is 688 g/mol. The van der Waals surface area contributed by atoms with Crippen LogP contribution in [0.5, 0.6) is 23.0 Å². The summed E-state index contributed by atoms with van der Waals surface area (Å²) in [4.78, 5) is 74.5. The van der Waals surface area contributed by atoms with Crippen molar-refractivity contribution in [2.75, 3.05) is 26.4 Å². The van der Waals surface area contributed by atoms with Gasteiger partial charge in [-0.1, -0.05) is 12.2 Å². The van der Waals surface area contributed by atoms with Crippen molar-refractivity contribution in [3.63, 3.8) is 0 Å². The highest BCUT2D eigenvalue weighted by atomic mass is 17.2. The quantitative estimate of drug-likeness (QED) is 0.0379. The van der Waals surface area contributed by atoms with Gasteiger partial charge in [-0.15, -0.1) is 13.2 Å². The third kappa shape index (κ3) is 8.32. The lowest BCUT2D eigenvalue weighted by molar-refractivity contribution is -0.386. The maximum Gasteiger partial charge on any atom is 0.373 e. The molecule has 0 saturated heterocycles. The van der Waals surface area contributed by atoms with Crippen molar-refractivity contribution in [2.45, 2.75) is 19.3 Å². The zero-order valence-electron chi connectivity index (χ0n) is 26.2. The lowest BCUT2D eigenvalue weighted by atomic mass is 10.0. The second kappa shape index (κ2) is 17.1. The zero-order valence-corrected chi connectivity index (χ0v) is 26.2. The van der Waals surface area contributed by atoms with E-state index in [2.05, 4.69) is 13.2 Å².